The molecule has 24 N–H and O–H groups in total. The number of nitrogens with two attached hydrogens (primary N) is 2. The summed E-state index contributed by atoms with van der Waals surface area (Å²) in [6.07, 6.45) is -0.798. The Hall–Kier alpha value is -11.9. The van der Waals surface area contributed by atoms with Crippen molar-refractivity contribution in [3.05, 3.63) is 144 Å². The number of carbonyl (C=O) groups excluding carboxylic acids is 11. The van der Waals surface area contributed by atoms with Crippen LogP contribution in [-0.4, -0.2) is 359 Å². The van der Waals surface area contributed by atoms with Gasteiger partial charge in [-0.1, -0.05) is 131 Å². The molecule has 0 spiro atoms. The van der Waals surface area contributed by atoms with Gasteiger partial charge in [-0.25, -0.2) is 4.79 Å². The number of aliphatic hydroxyl groups excluding tert-OH is 2. The van der Waals surface area contributed by atoms with Crippen LogP contribution in [0.15, 0.2) is 121 Å². The summed E-state index contributed by atoms with van der Waals surface area (Å²) in [6, 6.07) is 15.4. The number of rotatable bonds is 38. The van der Waals surface area contributed by atoms with Crippen LogP contribution in [-0.2, 0) is 107 Å². The number of benzene rings is 4. The van der Waals surface area contributed by atoms with E-state index in [1.807, 2.05) is 0 Å². The van der Waals surface area contributed by atoms with Crippen LogP contribution in [0.3, 0.4) is 0 Å². The minimum atomic E-state index is -1.89. The normalized spacial score (nSPS) is 21.4. The fraction of sp³-hybridized carbons (Fsp3) is 0.506. The van der Waals surface area contributed by atoms with Crippen LogP contribution in [0.25, 0.3) is 10.9 Å². The fourth-order valence-electron chi connectivity index (χ4n) is 14.0. The zero-order valence-corrected chi connectivity index (χ0v) is 73.8. The van der Waals surface area contributed by atoms with E-state index in [9.17, 15) is 83.4 Å². The molecule has 0 bridgehead atoms. The van der Waals surface area contributed by atoms with E-state index in [1.165, 1.54) is 6.92 Å². The second-order valence-electron chi connectivity index (χ2n) is 31.1. The molecular formula is C85H120N20O23S2. The topological polar surface area (TPSA) is 645 Å². The Morgan fingerprint density at radius 2 is 0.946 bits per heavy atom. The van der Waals surface area contributed by atoms with E-state index < -0.39 is 186 Å². The second-order valence-corrected chi connectivity index (χ2v) is 33.7. The van der Waals surface area contributed by atoms with Gasteiger partial charge in [0.15, 0.2) is 5.96 Å². The van der Waals surface area contributed by atoms with Crippen molar-refractivity contribution in [1.82, 2.24) is 88.4 Å². The molecule has 2 saturated heterocycles. The Balaban J connectivity index is 1.16. The average molecular weight is 1850 g/mol. The first-order chi connectivity index (χ1) is 62.3. The number of aliphatic carboxylic acids is 4. The van der Waals surface area contributed by atoms with Gasteiger partial charge in [-0.3, -0.25) is 92.1 Å². The van der Waals surface area contributed by atoms with Gasteiger partial charge >= 0.3 is 23.9 Å². The number of H-pyrrole nitrogens is 1. The summed E-state index contributed by atoms with van der Waals surface area (Å²) >= 11 is 0. The summed E-state index contributed by atoms with van der Waals surface area (Å²) in [4.78, 5) is 220. The molecule has 7 rings (SSSR count). The van der Waals surface area contributed by atoms with Crippen LogP contribution in [0.1, 0.15) is 61.3 Å². The minimum Gasteiger partial charge on any atom is -0.480 e. The number of amides is 11. The highest BCUT2D eigenvalue weighted by molar-refractivity contribution is 8.76. The lowest BCUT2D eigenvalue weighted by Crippen LogP contribution is -2.62. The Labute approximate surface area is 758 Å². The Morgan fingerprint density at radius 1 is 0.500 bits per heavy atom. The summed E-state index contributed by atoms with van der Waals surface area (Å²) in [5, 5.41) is 101. The van der Waals surface area contributed by atoms with E-state index >= 15 is 19.2 Å². The number of carbonyl (C=O) groups is 15. The van der Waals surface area contributed by atoms with Crippen molar-refractivity contribution in [2.24, 2.45) is 11.5 Å². The molecule has 0 unspecified atom stereocenters. The number of carboxylic acid groups (broad SMARTS) is 4. The van der Waals surface area contributed by atoms with E-state index in [2.05, 4.69) is 68.8 Å². The smallest absolute Gasteiger partial charge is 0.327 e. The van der Waals surface area contributed by atoms with Gasteiger partial charge in [-0.15, -0.1) is 0 Å². The maximum Gasteiger partial charge on any atom is 0.327 e. The van der Waals surface area contributed by atoms with Crippen LogP contribution >= 0.6 is 21.6 Å². The molecule has 0 aliphatic carbocycles. The predicted octanol–water partition coefficient (Wildman–Crippen LogP) is -4.84. The number of nitrogens with zero attached hydrogens (tertiary/aromatic N) is 4. The van der Waals surface area contributed by atoms with Gasteiger partial charge in [0.1, 0.15) is 67.0 Å². The first-order valence-electron chi connectivity index (χ1n) is 42.6. The molecule has 2 aliphatic heterocycles. The number of aromatic amines is 1. The van der Waals surface area contributed by atoms with Crippen molar-refractivity contribution >= 4 is 127 Å². The lowest BCUT2D eigenvalue weighted by atomic mass is 10.00. The number of hydrogen-bond acceptors (Lipinski definition) is 27. The third kappa shape index (κ3) is 38.4. The monoisotopic (exact) mass is 1850 g/mol. The van der Waals surface area contributed by atoms with Gasteiger partial charge in [0, 0.05) is 120 Å². The van der Waals surface area contributed by atoms with Crippen LogP contribution in [0.2, 0.25) is 0 Å². The summed E-state index contributed by atoms with van der Waals surface area (Å²) in [7, 11) is 1.57. The Bertz CT molecular complexity index is 4520. The molecule has 130 heavy (non-hydrogen) atoms. The van der Waals surface area contributed by atoms with Gasteiger partial charge in [0.05, 0.1) is 58.7 Å². The highest BCUT2D eigenvalue weighted by atomic mass is 33.1. The molecule has 2 fully saturated rings. The van der Waals surface area contributed by atoms with E-state index in [4.69, 9.17) is 26.4 Å². The summed E-state index contributed by atoms with van der Waals surface area (Å²) in [5.41, 5.74) is 14.1. The number of aromatic nitrogens is 1. The van der Waals surface area contributed by atoms with Gasteiger partial charge in [0.2, 0.25) is 65.0 Å². The van der Waals surface area contributed by atoms with Gasteiger partial charge in [-0.2, -0.15) is 0 Å². The molecule has 11 amide bonds. The quantitative estimate of drug-likeness (QED) is 0.00763. The zero-order chi connectivity index (χ0) is 94.4. The number of para-hydroxylation sites is 1. The van der Waals surface area contributed by atoms with Crippen LogP contribution in [0.5, 0.6) is 0 Å². The average Bonchev–Trinajstić information content (AvgIpc) is 1.65. The molecule has 3 heterocycles. The van der Waals surface area contributed by atoms with Crippen LogP contribution in [0.4, 0.5) is 0 Å². The van der Waals surface area contributed by atoms with Crippen molar-refractivity contribution in [2.75, 3.05) is 143 Å². The van der Waals surface area contributed by atoms with Gasteiger partial charge in [-0.05, 0) is 73.9 Å². The first kappa shape index (κ1) is 105. The maximum atomic E-state index is 15.5. The molecule has 710 valence electrons. The Kier molecular flexibility index (Phi) is 45.7. The molecule has 11 atom stereocenters. The molecule has 4 aromatic carbocycles. The van der Waals surface area contributed by atoms with Crippen molar-refractivity contribution in [3.8, 4) is 0 Å². The molecule has 5 aromatic rings. The minimum absolute atomic E-state index is 0.00673. The number of hydrogen-bond donors (Lipinski definition) is 22. The van der Waals surface area contributed by atoms with Gasteiger partial charge < -0.3 is 120 Å². The summed E-state index contributed by atoms with van der Waals surface area (Å²) in [5.74, 6) is -16.9. The number of ether oxygens (including phenoxy) is 2. The van der Waals surface area contributed by atoms with Crippen molar-refractivity contribution in [3.63, 3.8) is 0 Å². The second kappa shape index (κ2) is 56.5. The highest BCUT2D eigenvalue weighted by Crippen LogP contribution is 2.25. The third-order valence-corrected chi connectivity index (χ3v) is 23.3. The number of nitrogens with one attached hydrogen (secondary N) is 14. The molecule has 2 aliphatic rings. The van der Waals surface area contributed by atoms with Crippen molar-refractivity contribution in [1.29, 1.82) is 5.41 Å². The molecule has 45 heteroatoms. The van der Waals surface area contributed by atoms with E-state index in [1.54, 1.807) is 141 Å². The van der Waals surface area contributed by atoms with Crippen molar-refractivity contribution in [2.45, 2.75) is 131 Å². The SMILES string of the molecule is C[C@@H](O)[C@@H]1NC(=O)[C@H](CCCCN)NC(=O)[C@@H](Cc2c[nH]c3ccccc23)NC(=O)[C@H](Cc2ccccc2)NC(=O)[C@H](Cc2ccccc2)NC(=O)[C@@H](NC(=O)[C@H](CCCNC(=N)N)NC(=O)COCCOCCNC(=O)CN2CCN(CC(=O)O)CCN(CC(=O)O)CCN(CC(=O)O)CC2)CSSC[C@@H](C(=O)O)NC(=O)[C@H](CO)NC(=O)[C@H](Cc2ccccc2)NC1=O. The van der Waals surface area contributed by atoms with Gasteiger partial charge in [0.25, 0.3) is 0 Å². The number of carboxylic acids is 4. The fourth-order valence-corrected chi connectivity index (χ4v) is 16.3. The van der Waals surface area contributed by atoms with E-state index in [-0.39, 0.29) is 169 Å². The number of aliphatic hydroxyl groups is 2. The number of unbranched alkanes of at least 4 members (excludes halogenated alkanes) is 1. The van der Waals surface area contributed by atoms with E-state index in [0.29, 0.717) is 39.6 Å². The molecule has 0 radical (unpaired) electrons. The number of fused-ring (bicyclic) bond motifs is 1. The molecule has 1 aromatic heterocycles. The largest absolute Gasteiger partial charge is 0.480 e. The summed E-state index contributed by atoms with van der Waals surface area (Å²) < 4.78 is 11.3. The molecule has 43 nitrogen and oxygen atoms in total. The van der Waals surface area contributed by atoms with Crippen LogP contribution < -0.4 is 75.3 Å². The molecular weight excluding hydrogens is 1730 g/mol. The Morgan fingerprint density at radius 3 is 1.44 bits per heavy atom. The van der Waals surface area contributed by atoms with E-state index in [0.717, 1.165) is 21.6 Å². The maximum absolute atomic E-state index is 15.5. The predicted molar refractivity (Wildman–Crippen MR) is 478 cm³/mol. The summed E-state index contributed by atoms with van der Waals surface area (Å²) in [6.45, 7) is -0.438. The number of guanidine groups is 1. The van der Waals surface area contributed by atoms with Crippen molar-refractivity contribution < 1.29 is 112 Å². The first-order valence-corrected chi connectivity index (χ1v) is 45.0. The standard InChI is InChI=1S/C85H120N20O23S2/c1-53(107)74-83(124)97-64(42-56-20-9-4-10-21-56)79(120)98-66(49-106)81(122)100-68(84(125)126)52-130-129-51-67(99-75(116)60(25-15-27-90-85(87)88)92-70(109)50-128-39-38-127-37-28-89-69(108)45-102-29-31-103(46-71(110)111)33-35-105(48-73(114)115)36-34-104(32-30-102)47-72(112)113)82(123)95-63(41-55-18-7-3-8-19-55)77(118)94-62(40-54-16-5-2-6-17-54)78(119)96-65(43-57-44-91-59-23-12-11-22-58(57)59)80(121)93-61(76(117)101-74)24-13-14-26-86/h2-12,16-23,44,53,60-68,74,91,106-107H,13-15,24-43,45-52,86H2,1H3,(H,89,108)(H,92,109)(H,93,121)(H,94,118)(H,95,123)(H,96,119)(H,97,124)(H,98,120)(H,99,116)(H,100,122)(H,101,117)(H,110,111)(H,112,113)(H,114,115)(H,125,126)(H4,87,88,90)/t53-,60+,61+,62+,63+,64+,65-,66+,67+,68+,74+/m1/s1. The lowest BCUT2D eigenvalue weighted by molar-refractivity contribution is -0.142. The lowest BCUT2D eigenvalue weighted by Gasteiger charge is -2.32. The highest BCUT2D eigenvalue weighted by Gasteiger charge is 2.39. The van der Waals surface area contributed by atoms with Crippen LogP contribution in [0, 0.1) is 5.41 Å². The third-order valence-electron chi connectivity index (χ3n) is 20.9. The molecule has 0 saturated carbocycles. The zero-order valence-electron chi connectivity index (χ0n) is 72.2.